The van der Waals surface area contributed by atoms with Crippen LogP contribution in [0.1, 0.15) is 0 Å². The maximum atomic E-state index is 5.91. The van der Waals surface area contributed by atoms with Crippen molar-refractivity contribution in [2.24, 2.45) is 0 Å². The number of aromatic nitrogens is 3. The van der Waals surface area contributed by atoms with Gasteiger partial charge in [-0.1, -0.05) is 11.6 Å². The normalized spacial score (nSPS) is 10.3. The fraction of sp³-hybridized carbons (Fsp3) is 0. The summed E-state index contributed by atoms with van der Waals surface area (Å²) in [7, 11) is 0. The van der Waals surface area contributed by atoms with Crippen molar-refractivity contribution < 1.29 is 0 Å². The predicted octanol–water partition coefficient (Wildman–Crippen LogP) is 2.60. The van der Waals surface area contributed by atoms with E-state index >= 15 is 0 Å². The van der Waals surface area contributed by atoms with Crippen LogP contribution in [0.15, 0.2) is 30.9 Å². The molecule has 0 unspecified atom stereocenters. The minimum atomic E-state index is 0.578. The second kappa shape index (κ2) is 3.36. The third-order valence-corrected chi connectivity index (χ3v) is 2.20. The van der Waals surface area contributed by atoms with E-state index < -0.39 is 0 Å². The molecular weight excluding hydrogens is 209 g/mol. The minimum Gasteiger partial charge on any atom is -0.257 e. The number of rotatable bonds is 1. The summed E-state index contributed by atoms with van der Waals surface area (Å²) in [6.07, 6.45) is 4.76. The predicted molar refractivity (Wildman–Crippen MR) is 51.7 cm³/mol. The van der Waals surface area contributed by atoms with Crippen LogP contribution in [0, 0.1) is 0 Å². The van der Waals surface area contributed by atoms with Gasteiger partial charge in [0.05, 0.1) is 10.7 Å². The molecule has 0 saturated heterocycles. The van der Waals surface area contributed by atoms with Gasteiger partial charge < -0.3 is 0 Å². The molecule has 2 aromatic heterocycles. The summed E-state index contributed by atoms with van der Waals surface area (Å²) in [6, 6.07) is 3.46. The quantitative estimate of drug-likeness (QED) is 0.730. The number of halogens is 2. The maximum absolute atomic E-state index is 5.91. The van der Waals surface area contributed by atoms with E-state index in [1.807, 2.05) is 0 Å². The van der Waals surface area contributed by atoms with Gasteiger partial charge >= 0.3 is 0 Å². The molecule has 0 aromatic carbocycles. The van der Waals surface area contributed by atoms with Crippen LogP contribution < -0.4 is 0 Å². The van der Waals surface area contributed by atoms with Crippen LogP contribution in [0.3, 0.4) is 0 Å². The summed E-state index contributed by atoms with van der Waals surface area (Å²) < 4.78 is 1.41. The van der Waals surface area contributed by atoms with Gasteiger partial charge in [0.25, 0.3) is 0 Å². The summed E-state index contributed by atoms with van der Waals surface area (Å²) in [5.41, 5.74) is 1.39. The highest BCUT2D eigenvalue weighted by Crippen LogP contribution is 2.27. The molecule has 66 valence electrons. The Morgan fingerprint density at radius 3 is 2.69 bits per heavy atom. The minimum absolute atomic E-state index is 0.578. The summed E-state index contributed by atoms with van der Waals surface area (Å²) in [4.78, 5) is 7.85. The zero-order valence-electron chi connectivity index (χ0n) is 6.48. The first kappa shape index (κ1) is 8.53. The molecule has 0 fully saturated rings. The standard InChI is InChI=1S/C8H5Cl2N3/c9-6-2-4-13(10)8(6)7-1-3-11-5-12-7/h1-5H. The van der Waals surface area contributed by atoms with E-state index in [9.17, 15) is 0 Å². The third kappa shape index (κ3) is 1.53. The van der Waals surface area contributed by atoms with Gasteiger partial charge in [-0.05, 0) is 12.1 Å². The molecule has 13 heavy (non-hydrogen) atoms. The molecule has 2 heterocycles. The number of nitrogens with zero attached hydrogens (tertiary/aromatic N) is 3. The first-order valence-electron chi connectivity index (χ1n) is 3.58. The Labute approximate surface area is 85.1 Å². The molecule has 0 aliphatic carbocycles. The van der Waals surface area contributed by atoms with Crippen molar-refractivity contribution in [2.75, 3.05) is 0 Å². The lowest BCUT2D eigenvalue weighted by Crippen LogP contribution is -1.88. The molecule has 0 N–H and O–H groups in total. The number of hydrogen-bond acceptors (Lipinski definition) is 2. The van der Waals surface area contributed by atoms with Gasteiger partial charge in [-0.3, -0.25) is 4.09 Å². The van der Waals surface area contributed by atoms with Crippen molar-refractivity contribution in [3.8, 4) is 11.4 Å². The molecular formula is C8H5Cl2N3. The van der Waals surface area contributed by atoms with E-state index in [-0.39, 0.29) is 0 Å². The van der Waals surface area contributed by atoms with E-state index in [2.05, 4.69) is 9.97 Å². The average molecular weight is 214 g/mol. The van der Waals surface area contributed by atoms with E-state index in [0.29, 0.717) is 16.4 Å². The molecule has 0 aliphatic rings. The zero-order valence-corrected chi connectivity index (χ0v) is 8.00. The van der Waals surface area contributed by atoms with Gasteiger partial charge in [0.15, 0.2) is 0 Å². The molecule has 2 rings (SSSR count). The lowest BCUT2D eigenvalue weighted by atomic mass is 10.3. The first-order valence-corrected chi connectivity index (χ1v) is 4.30. The van der Waals surface area contributed by atoms with Crippen LogP contribution in [0.2, 0.25) is 5.02 Å². The Balaban J connectivity index is 2.59. The van der Waals surface area contributed by atoms with Gasteiger partial charge in [0.1, 0.15) is 12.0 Å². The van der Waals surface area contributed by atoms with Crippen LogP contribution in [0.25, 0.3) is 11.4 Å². The Morgan fingerprint density at radius 2 is 2.15 bits per heavy atom. The average Bonchev–Trinajstić information content (AvgIpc) is 2.48. The van der Waals surface area contributed by atoms with Gasteiger partial charge in [-0.2, -0.15) is 0 Å². The largest absolute Gasteiger partial charge is 0.257 e. The van der Waals surface area contributed by atoms with Crippen molar-refractivity contribution >= 4 is 23.4 Å². The first-order chi connectivity index (χ1) is 6.29. The second-order valence-corrected chi connectivity index (χ2v) is 3.19. The summed E-state index contributed by atoms with van der Waals surface area (Å²) in [5, 5.41) is 0.578. The Bertz CT molecular complexity index is 391. The maximum Gasteiger partial charge on any atom is 0.116 e. The van der Waals surface area contributed by atoms with Crippen LogP contribution in [0.5, 0.6) is 0 Å². The van der Waals surface area contributed by atoms with Crippen LogP contribution in [0.4, 0.5) is 0 Å². The Morgan fingerprint density at radius 1 is 1.31 bits per heavy atom. The van der Waals surface area contributed by atoms with Crippen molar-refractivity contribution in [1.82, 2.24) is 14.1 Å². The lowest BCUT2D eigenvalue weighted by molar-refractivity contribution is 1.14. The summed E-state index contributed by atoms with van der Waals surface area (Å²) >= 11 is 11.8. The molecule has 0 spiro atoms. The van der Waals surface area contributed by atoms with Crippen LogP contribution >= 0.6 is 23.4 Å². The van der Waals surface area contributed by atoms with Gasteiger partial charge in [-0.25, -0.2) is 9.97 Å². The molecule has 0 radical (unpaired) electrons. The third-order valence-electron chi connectivity index (χ3n) is 1.62. The van der Waals surface area contributed by atoms with Crippen LogP contribution in [-0.2, 0) is 0 Å². The van der Waals surface area contributed by atoms with E-state index in [1.165, 1.54) is 10.4 Å². The van der Waals surface area contributed by atoms with Crippen molar-refractivity contribution in [3.63, 3.8) is 0 Å². The fourth-order valence-electron chi connectivity index (χ4n) is 1.05. The fourth-order valence-corrected chi connectivity index (χ4v) is 1.57. The highest BCUT2D eigenvalue weighted by molar-refractivity contribution is 6.34. The SMILES string of the molecule is Clc1ccn(Cl)c1-c1ccncn1. The smallest absolute Gasteiger partial charge is 0.116 e. The molecule has 0 amide bonds. The van der Waals surface area contributed by atoms with Gasteiger partial charge in [-0.15, -0.1) is 0 Å². The molecule has 0 bridgehead atoms. The van der Waals surface area contributed by atoms with Crippen molar-refractivity contribution in [2.45, 2.75) is 0 Å². The second-order valence-electron chi connectivity index (χ2n) is 2.42. The Kier molecular flexibility index (Phi) is 2.20. The molecule has 3 nitrogen and oxygen atoms in total. The number of hydrogen-bond donors (Lipinski definition) is 0. The Hall–Kier alpha value is -1.06. The lowest BCUT2D eigenvalue weighted by Gasteiger charge is -1.99. The zero-order chi connectivity index (χ0) is 9.26. The monoisotopic (exact) mass is 213 g/mol. The molecule has 0 saturated carbocycles. The highest BCUT2D eigenvalue weighted by atomic mass is 35.5. The summed E-state index contributed by atoms with van der Waals surface area (Å²) in [6.45, 7) is 0. The topological polar surface area (TPSA) is 30.7 Å². The highest BCUT2D eigenvalue weighted by Gasteiger charge is 2.09. The summed E-state index contributed by atoms with van der Waals surface area (Å²) in [5.74, 6) is 0. The van der Waals surface area contributed by atoms with Crippen molar-refractivity contribution in [1.29, 1.82) is 0 Å². The van der Waals surface area contributed by atoms with Crippen LogP contribution in [-0.4, -0.2) is 14.1 Å². The van der Waals surface area contributed by atoms with E-state index in [0.717, 1.165) is 0 Å². The van der Waals surface area contributed by atoms with Gasteiger partial charge in [0, 0.05) is 24.2 Å². The van der Waals surface area contributed by atoms with E-state index in [1.54, 1.807) is 24.5 Å². The van der Waals surface area contributed by atoms with Gasteiger partial charge in [0.2, 0.25) is 0 Å². The van der Waals surface area contributed by atoms with Crippen molar-refractivity contribution in [3.05, 3.63) is 35.9 Å². The molecule has 5 heteroatoms. The van der Waals surface area contributed by atoms with E-state index in [4.69, 9.17) is 23.4 Å². The molecule has 0 atom stereocenters. The molecule has 0 aliphatic heterocycles. The molecule has 2 aromatic rings.